The lowest BCUT2D eigenvalue weighted by Gasteiger charge is -2.39. The molecule has 1 amide bonds. The maximum absolute atomic E-state index is 12.7. The zero-order chi connectivity index (χ0) is 20.5. The highest BCUT2D eigenvalue weighted by Crippen LogP contribution is 2.33. The molecule has 5 rings (SSSR count). The number of carbonyl (C=O) groups excluding carboxylic acids is 1. The van der Waals surface area contributed by atoms with Crippen molar-refractivity contribution in [3.05, 3.63) is 59.7 Å². The van der Waals surface area contributed by atoms with Crippen LogP contribution in [0, 0.1) is 12.8 Å². The van der Waals surface area contributed by atoms with Gasteiger partial charge in [0.1, 0.15) is 0 Å². The number of rotatable bonds is 5. The van der Waals surface area contributed by atoms with Gasteiger partial charge in [0.2, 0.25) is 5.91 Å². The molecule has 1 N–H and O–H groups in total. The number of likely N-dealkylation sites (tertiary alicyclic amines) is 1. The van der Waals surface area contributed by atoms with Gasteiger partial charge >= 0.3 is 0 Å². The van der Waals surface area contributed by atoms with E-state index < -0.39 is 0 Å². The number of carbonyl (C=O) groups is 1. The average Bonchev–Trinajstić information content (AvgIpc) is 3.11. The molecule has 3 heterocycles. The maximum Gasteiger partial charge on any atom is 0.226 e. The fourth-order valence-electron chi connectivity index (χ4n) is 4.35. The summed E-state index contributed by atoms with van der Waals surface area (Å²) in [5.74, 6) is 0.297. The topological polar surface area (TPSA) is 48.5 Å². The molecule has 0 spiro atoms. The van der Waals surface area contributed by atoms with Crippen molar-refractivity contribution < 1.29 is 4.79 Å². The fraction of sp³-hybridized carbons (Fsp3) is 0.417. The number of hydrogen-bond donors (Lipinski definition) is 1. The molecule has 2 fully saturated rings. The molecule has 1 aromatic heterocycles. The van der Waals surface area contributed by atoms with Gasteiger partial charge in [-0.15, -0.1) is 0 Å². The summed E-state index contributed by atoms with van der Waals surface area (Å²) in [5.41, 5.74) is 3.67. The molecule has 0 radical (unpaired) electrons. The second kappa shape index (κ2) is 8.36. The number of aromatic nitrogens is 1. The van der Waals surface area contributed by atoms with Crippen molar-refractivity contribution in [1.82, 2.24) is 15.2 Å². The quantitative estimate of drug-likeness (QED) is 0.682. The molecule has 6 heteroatoms. The maximum atomic E-state index is 12.7. The zero-order valence-corrected chi connectivity index (χ0v) is 18.2. The Kier molecular flexibility index (Phi) is 5.44. The number of hydrogen-bond acceptors (Lipinski definition) is 5. The first-order valence-corrected chi connectivity index (χ1v) is 11.6. The number of aryl methyl sites for hydroxylation is 1. The minimum atomic E-state index is 0.0843. The van der Waals surface area contributed by atoms with Gasteiger partial charge in [0, 0.05) is 38.8 Å². The number of nitrogens with zero attached hydrogens (tertiary/aromatic N) is 3. The Bertz CT molecular complexity index is 1020. The number of fused-ring (bicyclic) bond motifs is 1. The van der Waals surface area contributed by atoms with Gasteiger partial charge in [-0.3, -0.25) is 9.69 Å². The van der Waals surface area contributed by atoms with E-state index in [0.717, 1.165) is 56.2 Å². The SMILES string of the molecule is Cc1ccc2nc(N3CC(C(=O)NC4CCN(Cc5ccccc5)CC4)C3)sc2c1. The number of anilines is 1. The van der Waals surface area contributed by atoms with Gasteiger partial charge in [0.25, 0.3) is 0 Å². The molecule has 0 atom stereocenters. The van der Waals surface area contributed by atoms with Crippen molar-refractivity contribution in [2.75, 3.05) is 31.1 Å². The van der Waals surface area contributed by atoms with Crippen molar-refractivity contribution in [2.45, 2.75) is 32.4 Å². The Balaban J connectivity index is 1.08. The highest BCUT2D eigenvalue weighted by molar-refractivity contribution is 7.22. The highest BCUT2D eigenvalue weighted by atomic mass is 32.1. The molecular weight excluding hydrogens is 392 g/mol. The van der Waals surface area contributed by atoms with Gasteiger partial charge < -0.3 is 10.2 Å². The first kappa shape index (κ1) is 19.5. The van der Waals surface area contributed by atoms with Crippen LogP contribution in [0.3, 0.4) is 0 Å². The summed E-state index contributed by atoms with van der Waals surface area (Å²) in [4.78, 5) is 22.1. The fourth-order valence-corrected chi connectivity index (χ4v) is 5.43. The minimum Gasteiger partial charge on any atom is -0.353 e. The Labute approximate surface area is 181 Å². The van der Waals surface area contributed by atoms with Crippen LogP contribution < -0.4 is 10.2 Å². The minimum absolute atomic E-state index is 0.0843. The zero-order valence-electron chi connectivity index (χ0n) is 17.4. The smallest absolute Gasteiger partial charge is 0.226 e. The van der Waals surface area contributed by atoms with Crippen LogP contribution in [-0.2, 0) is 11.3 Å². The van der Waals surface area contributed by atoms with E-state index >= 15 is 0 Å². The lowest BCUT2D eigenvalue weighted by molar-refractivity contribution is -0.126. The summed E-state index contributed by atoms with van der Waals surface area (Å²) in [6.45, 7) is 6.74. The molecule has 0 saturated carbocycles. The molecule has 0 unspecified atom stereocenters. The van der Waals surface area contributed by atoms with E-state index in [9.17, 15) is 4.79 Å². The van der Waals surface area contributed by atoms with Crippen LogP contribution in [0.1, 0.15) is 24.0 Å². The van der Waals surface area contributed by atoms with Gasteiger partial charge in [0.15, 0.2) is 5.13 Å². The summed E-state index contributed by atoms with van der Waals surface area (Å²) in [7, 11) is 0. The third-order valence-electron chi connectivity index (χ3n) is 6.24. The lowest BCUT2D eigenvalue weighted by Crippen LogP contribution is -2.56. The Morgan fingerprint density at radius 1 is 1.13 bits per heavy atom. The lowest BCUT2D eigenvalue weighted by atomic mass is 9.97. The van der Waals surface area contributed by atoms with Gasteiger partial charge in [-0.1, -0.05) is 47.7 Å². The molecule has 2 saturated heterocycles. The molecule has 2 aliphatic rings. The molecule has 5 nitrogen and oxygen atoms in total. The number of benzene rings is 2. The van der Waals surface area contributed by atoms with Gasteiger partial charge in [0.05, 0.1) is 16.1 Å². The van der Waals surface area contributed by atoms with Crippen LogP contribution in [0.4, 0.5) is 5.13 Å². The summed E-state index contributed by atoms with van der Waals surface area (Å²) >= 11 is 1.72. The Morgan fingerprint density at radius 3 is 2.67 bits per heavy atom. The molecule has 2 aromatic carbocycles. The van der Waals surface area contributed by atoms with E-state index in [4.69, 9.17) is 4.98 Å². The van der Waals surface area contributed by atoms with Crippen molar-refractivity contribution in [1.29, 1.82) is 0 Å². The molecule has 0 bridgehead atoms. The number of thiazole rings is 1. The summed E-state index contributed by atoms with van der Waals surface area (Å²) in [6.07, 6.45) is 2.07. The van der Waals surface area contributed by atoms with E-state index in [2.05, 4.69) is 70.6 Å². The molecule has 156 valence electrons. The largest absolute Gasteiger partial charge is 0.353 e. The first-order chi connectivity index (χ1) is 14.6. The predicted molar refractivity (Wildman–Crippen MR) is 123 cm³/mol. The van der Waals surface area contributed by atoms with Crippen LogP contribution in [-0.4, -0.2) is 48.0 Å². The number of nitrogens with one attached hydrogen (secondary N) is 1. The molecule has 2 aliphatic heterocycles. The monoisotopic (exact) mass is 420 g/mol. The number of amides is 1. The normalized spacial score (nSPS) is 18.5. The van der Waals surface area contributed by atoms with Crippen LogP contribution in [0.5, 0.6) is 0 Å². The van der Waals surface area contributed by atoms with Crippen molar-refractivity contribution in [3.63, 3.8) is 0 Å². The van der Waals surface area contributed by atoms with Crippen LogP contribution in [0.2, 0.25) is 0 Å². The summed E-state index contributed by atoms with van der Waals surface area (Å²) in [6, 6.07) is 17.3. The van der Waals surface area contributed by atoms with Crippen molar-refractivity contribution >= 4 is 32.6 Å². The molecule has 3 aromatic rings. The number of piperidine rings is 1. The Hall–Kier alpha value is -2.44. The van der Waals surface area contributed by atoms with Crippen molar-refractivity contribution in [3.8, 4) is 0 Å². The second-order valence-corrected chi connectivity index (χ2v) is 9.62. The van der Waals surface area contributed by atoms with E-state index in [0.29, 0.717) is 6.04 Å². The molecular formula is C24H28N4OS. The van der Waals surface area contributed by atoms with E-state index in [1.807, 2.05) is 0 Å². The van der Waals surface area contributed by atoms with Gasteiger partial charge in [-0.25, -0.2) is 4.98 Å². The van der Waals surface area contributed by atoms with E-state index in [-0.39, 0.29) is 11.8 Å². The van der Waals surface area contributed by atoms with Crippen LogP contribution in [0.25, 0.3) is 10.2 Å². The molecule has 0 aliphatic carbocycles. The summed E-state index contributed by atoms with van der Waals surface area (Å²) < 4.78 is 1.22. The predicted octanol–water partition coefficient (Wildman–Crippen LogP) is 3.82. The Morgan fingerprint density at radius 2 is 1.90 bits per heavy atom. The third-order valence-corrected chi connectivity index (χ3v) is 7.32. The van der Waals surface area contributed by atoms with E-state index in [1.165, 1.54) is 15.8 Å². The van der Waals surface area contributed by atoms with Crippen LogP contribution >= 0.6 is 11.3 Å². The average molecular weight is 421 g/mol. The first-order valence-electron chi connectivity index (χ1n) is 10.8. The summed E-state index contributed by atoms with van der Waals surface area (Å²) in [5, 5.41) is 4.34. The second-order valence-electron chi connectivity index (χ2n) is 8.61. The van der Waals surface area contributed by atoms with Crippen LogP contribution in [0.15, 0.2) is 48.5 Å². The van der Waals surface area contributed by atoms with Gasteiger partial charge in [-0.05, 0) is 43.0 Å². The van der Waals surface area contributed by atoms with E-state index in [1.54, 1.807) is 11.3 Å². The van der Waals surface area contributed by atoms with Crippen molar-refractivity contribution in [2.24, 2.45) is 5.92 Å². The highest BCUT2D eigenvalue weighted by Gasteiger charge is 2.35. The van der Waals surface area contributed by atoms with Gasteiger partial charge in [-0.2, -0.15) is 0 Å². The third kappa shape index (κ3) is 4.20. The molecule has 30 heavy (non-hydrogen) atoms. The standard InChI is InChI=1S/C24H28N4OS/c1-17-7-8-21-22(13-17)30-24(26-21)28-15-19(16-28)23(29)25-20-9-11-27(12-10-20)14-18-5-3-2-4-6-18/h2-8,13,19-20H,9-12,14-16H2,1H3,(H,25,29).